The SMILES string of the molecule is c1ccc2oc(-c3coc4ccccc34)cc2c1. The molecule has 0 atom stereocenters. The third-order valence-electron chi connectivity index (χ3n) is 3.17. The highest BCUT2D eigenvalue weighted by Gasteiger charge is 2.11. The summed E-state index contributed by atoms with van der Waals surface area (Å²) in [4.78, 5) is 0. The summed E-state index contributed by atoms with van der Waals surface area (Å²) in [5.74, 6) is 0.848. The average Bonchev–Trinajstić information content (AvgIpc) is 3.02. The molecule has 0 unspecified atom stereocenters. The van der Waals surface area contributed by atoms with Gasteiger partial charge >= 0.3 is 0 Å². The summed E-state index contributed by atoms with van der Waals surface area (Å²) < 4.78 is 11.4. The van der Waals surface area contributed by atoms with Crippen LogP contribution >= 0.6 is 0 Å². The van der Waals surface area contributed by atoms with Gasteiger partial charge < -0.3 is 8.83 Å². The Morgan fingerprint density at radius 1 is 0.778 bits per heavy atom. The molecule has 4 rings (SSSR count). The van der Waals surface area contributed by atoms with E-state index in [1.165, 1.54) is 0 Å². The fourth-order valence-electron chi connectivity index (χ4n) is 2.28. The van der Waals surface area contributed by atoms with Crippen LogP contribution in [-0.4, -0.2) is 0 Å². The Kier molecular flexibility index (Phi) is 1.86. The van der Waals surface area contributed by atoms with Gasteiger partial charge in [0, 0.05) is 10.8 Å². The summed E-state index contributed by atoms with van der Waals surface area (Å²) in [6, 6.07) is 18.0. The molecule has 0 aliphatic heterocycles. The minimum Gasteiger partial charge on any atom is -0.464 e. The van der Waals surface area contributed by atoms with Gasteiger partial charge in [0.2, 0.25) is 0 Å². The van der Waals surface area contributed by atoms with Crippen LogP contribution in [0.3, 0.4) is 0 Å². The van der Waals surface area contributed by atoms with Gasteiger partial charge in [-0.15, -0.1) is 0 Å². The van der Waals surface area contributed by atoms with Crippen molar-refractivity contribution in [1.29, 1.82) is 0 Å². The first-order valence-electron chi connectivity index (χ1n) is 5.87. The van der Waals surface area contributed by atoms with Crippen LogP contribution in [0, 0.1) is 0 Å². The molecule has 0 spiro atoms. The summed E-state index contributed by atoms with van der Waals surface area (Å²) in [5, 5.41) is 2.19. The van der Waals surface area contributed by atoms with Gasteiger partial charge in [-0.1, -0.05) is 36.4 Å². The molecular weight excluding hydrogens is 224 g/mol. The van der Waals surface area contributed by atoms with E-state index in [2.05, 4.69) is 0 Å². The van der Waals surface area contributed by atoms with Gasteiger partial charge in [-0.3, -0.25) is 0 Å². The molecule has 0 radical (unpaired) electrons. The monoisotopic (exact) mass is 234 g/mol. The zero-order chi connectivity index (χ0) is 11.9. The van der Waals surface area contributed by atoms with Crippen LogP contribution in [0.1, 0.15) is 0 Å². The lowest BCUT2D eigenvalue weighted by molar-refractivity contribution is 0.606. The third-order valence-corrected chi connectivity index (χ3v) is 3.17. The van der Waals surface area contributed by atoms with E-state index in [1.54, 1.807) is 6.26 Å². The average molecular weight is 234 g/mol. The van der Waals surface area contributed by atoms with Crippen molar-refractivity contribution in [2.45, 2.75) is 0 Å². The second-order valence-electron chi connectivity index (χ2n) is 4.29. The van der Waals surface area contributed by atoms with E-state index in [0.717, 1.165) is 33.3 Å². The van der Waals surface area contributed by atoms with E-state index in [9.17, 15) is 0 Å². The molecule has 4 aromatic rings. The zero-order valence-corrected chi connectivity index (χ0v) is 9.59. The van der Waals surface area contributed by atoms with Crippen molar-refractivity contribution in [1.82, 2.24) is 0 Å². The maximum Gasteiger partial charge on any atom is 0.139 e. The molecule has 0 N–H and O–H groups in total. The minimum atomic E-state index is 0.848. The molecule has 2 aromatic heterocycles. The van der Waals surface area contributed by atoms with Crippen molar-refractivity contribution in [2.24, 2.45) is 0 Å². The molecule has 86 valence electrons. The minimum absolute atomic E-state index is 0.848. The Balaban J connectivity index is 2.01. The van der Waals surface area contributed by atoms with Gasteiger partial charge in [0.1, 0.15) is 23.2 Å². The summed E-state index contributed by atoms with van der Waals surface area (Å²) in [6.45, 7) is 0. The highest BCUT2D eigenvalue weighted by molar-refractivity contribution is 5.95. The second-order valence-corrected chi connectivity index (χ2v) is 4.29. The lowest BCUT2D eigenvalue weighted by Crippen LogP contribution is -1.69. The summed E-state index contributed by atoms with van der Waals surface area (Å²) in [7, 11) is 0. The van der Waals surface area contributed by atoms with Gasteiger partial charge in [0.25, 0.3) is 0 Å². The zero-order valence-electron chi connectivity index (χ0n) is 9.59. The van der Waals surface area contributed by atoms with Gasteiger partial charge in [0.15, 0.2) is 0 Å². The smallest absolute Gasteiger partial charge is 0.139 e. The highest BCUT2D eigenvalue weighted by atomic mass is 16.3. The Bertz CT molecular complexity index is 803. The Morgan fingerprint density at radius 3 is 2.44 bits per heavy atom. The van der Waals surface area contributed by atoms with E-state index >= 15 is 0 Å². The second kappa shape index (κ2) is 3.50. The Hall–Kier alpha value is -2.48. The van der Waals surface area contributed by atoms with E-state index < -0.39 is 0 Å². The van der Waals surface area contributed by atoms with Gasteiger partial charge in [-0.2, -0.15) is 0 Å². The number of rotatable bonds is 1. The lowest BCUT2D eigenvalue weighted by Gasteiger charge is -1.91. The van der Waals surface area contributed by atoms with Crippen molar-refractivity contribution in [3.8, 4) is 11.3 Å². The van der Waals surface area contributed by atoms with Crippen LogP contribution in [0.4, 0.5) is 0 Å². The molecule has 2 heteroatoms. The normalized spacial score (nSPS) is 11.3. The van der Waals surface area contributed by atoms with E-state index in [0.29, 0.717) is 0 Å². The highest BCUT2D eigenvalue weighted by Crippen LogP contribution is 2.33. The first-order chi connectivity index (χ1) is 8.92. The van der Waals surface area contributed by atoms with Crippen LogP contribution in [-0.2, 0) is 0 Å². The van der Waals surface area contributed by atoms with Crippen molar-refractivity contribution in [3.05, 3.63) is 60.9 Å². The quantitative estimate of drug-likeness (QED) is 0.470. The van der Waals surface area contributed by atoms with Crippen molar-refractivity contribution in [3.63, 3.8) is 0 Å². The molecule has 0 aliphatic rings. The van der Waals surface area contributed by atoms with Crippen molar-refractivity contribution < 1.29 is 8.83 Å². The van der Waals surface area contributed by atoms with Crippen molar-refractivity contribution >= 4 is 21.9 Å². The first-order valence-corrected chi connectivity index (χ1v) is 5.87. The maximum absolute atomic E-state index is 5.86. The van der Waals surface area contributed by atoms with Crippen LogP contribution in [0.5, 0.6) is 0 Å². The number of hydrogen-bond donors (Lipinski definition) is 0. The molecular formula is C16H10O2. The van der Waals surface area contributed by atoms with Crippen molar-refractivity contribution in [2.75, 3.05) is 0 Å². The largest absolute Gasteiger partial charge is 0.464 e. The predicted molar refractivity (Wildman–Crippen MR) is 71.4 cm³/mol. The standard InChI is InChI=1S/C16H10O2/c1-3-7-14-11(5-1)9-16(18-14)13-10-17-15-8-4-2-6-12(13)15/h1-10H. The molecule has 0 saturated carbocycles. The summed E-state index contributed by atoms with van der Waals surface area (Å²) >= 11 is 0. The van der Waals surface area contributed by atoms with Gasteiger partial charge in [0.05, 0.1) is 5.56 Å². The molecule has 0 saturated heterocycles. The number of benzene rings is 2. The van der Waals surface area contributed by atoms with Crippen LogP contribution in [0.15, 0.2) is 69.7 Å². The van der Waals surface area contributed by atoms with Crippen LogP contribution in [0.2, 0.25) is 0 Å². The van der Waals surface area contributed by atoms with Crippen LogP contribution in [0.25, 0.3) is 33.3 Å². The number of furan rings is 2. The van der Waals surface area contributed by atoms with E-state index in [1.807, 2.05) is 54.6 Å². The maximum atomic E-state index is 5.86. The fraction of sp³-hybridized carbons (Fsp3) is 0. The van der Waals surface area contributed by atoms with E-state index in [4.69, 9.17) is 8.83 Å². The molecule has 18 heavy (non-hydrogen) atoms. The first kappa shape index (κ1) is 9.54. The molecule has 0 bridgehead atoms. The number of fused-ring (bicyclic) bond motifs is 2. The molecule has 2 nitrogen and oxygen atoms in total. The third kappa shape index (κ3) is 1.29. The molecule has 0 fully saturated rings. The number of para-hydroxylation sites is 2. The summed E-state index contributed by atoms with van der Waals surface area (Å²) in [6.07, 6.45) is 1.75. The van der Waals surface area contributed by atoms with E-state index in [-0.39, 0.29) is 0 Å². The number of hydrogen-bond acceptors (Lipinski definition) is 2. The lowest BCUT2D eigenvalue weighted by atomic mass is 10.1. The van der Waals surface area contributed by atoms with Gasteiger partial charge in [-0.05, 0) is 18.2 Å². The van der Waals surface area contributed by atoms with Crippen LogP contribution < -0.4 is 0 Å². The Morgan fingerprint density at radius 2 is 1.56 bits per heavy atom. The molecule has 2 heterocycles. The summed E-state index contributed by atoms with van der Waals surface area (Å²) in [5.41, 5.74) is 2.78. The fourth-order valence-corrected chi connectivity index (χ4v) is 2.28. The predicted octanol–water partition coefficient (Wildman–Crippen LogP) is 4.85. The molecule has 0 amide bonds. The topological polar surface area (TPSA) is 26.3 Å². The molecule has 2 aromatic carbocycles. The van der Waals surface area contributed by atoms with Gasteiger partial charge in [-0.25, -0.2) is 0 Å². The molecule has 0 aliphatic carbocycles. The Labute approximate surface area is 103 Å².